The standard InChI is InChI=1S/C12H8ClN3O3S/c13-9-3-4-10-12(8(9)5-14)16-11(6-15-10)19-20(17,18)7-1-2-7/h3-4,6-7H,1-2H2. The second-order valence-corrected chi connectivity index (χ2v) is 6.61. The number of halogens is 1. The molecule has 1 heterocycles. The highest BCUT2D eigenvalue weighted by Gasteiger charge is 2.38. The molecule has 1 aliphatic rings. The molecule has 0 bridgehead atoms. The number of benzene rings is 1. The smallest absolute Gasteiger partial charge is 0.313 e. The highest BCUT2D eigenvalue weighted by Crippen LogP contribution is 2.31. The van der Waals surface area contributed by atoms with E-state index in [-0.39, 0.29) is 22.0 Å². The van der Waals surface area contributed by atoms with Crippen LogP contribution in [0.15, 0.2) is 18.3 Å². The molecule has 0 spiro atoms. The Bertz CT molecular complexity index is 841. The Morgan fingerprint density at radius 2 is 2.15 bits per heavy atom. The third kappa shape index (κ3) is 2.28. The zero-order valence-electron chi connectivity index (χ0n) is 10.1. The summed E-state index contributed by atoms with van der Waals surface area (Å²) in [6.07, 6.45) is 2.41. The van der Waals surface area contributed by atoms with Gasteiger partial charge in [0.2, 0.25) is 0 Å². The largest absolute Gasteiger partial charge is 0.360 e. The quantitative estimate of drug-likeness (QED) is 0.805. The maximum Gasteiger partial charge on any atom is 0.313 e. The van der Waals surface area contributed by atoms with Gasteiger partial charge in [-0.3, -0.25) is 0 Å². The average molecular weight is 310 g/mol. The summed E-state index contributed by atoms with van der Waals surface area (Å²) in [4.78, 5) is 8.06. The molecule has 6 nitrogen and oxygen atoms in total. The Labute approximate surface area is 120 Å². The first-order valence-electron chi connectivity index (χ1n) is 5.80. The second kappa shape index (κ2) is 4.58. The molecule has 0 saturated heterocycles. The van der Waals surface area contributed by atoms with Crippen molar-refractivity contribution in [2.45, 2.75) is 18.1 Å². The van der Waals surface area contributed by atoms with Crippen molar-refractivity contribution in [1.82, 2.24) is 9.97 Å². The number of rotatable bonds is 3. The molecule has 0 aliphatic heterocycles. The lowest BCUT2D eigenvalue weighted by Gasteiger charge is -2.06. The molecule has 1 aliphatic carbocycles. The van der Waals surface area contributed by atoms with Crippen molar-refractivity contribution in [3.63, 3.8) is 0 Å². The summed E-state index contributed by atoms with van der Waals surface area (Å²) in [5.41, 5.74) is 0.816. The molecule has 102 valence electrons. The SMILES string of the molecule is N#Cc1c(Cl)ccc2ncc(OS(=O)(=O)C3CC3)nc12. The van der Waals surface area contributed by atoms with Gasteiger partial charge in [0.25, 0.3) is 5.88 Å². The molecule has 0 amide bonds. The van der Waals surface area contributed by atoms with Gasteiger partial charge in [0.05, 0.1) is 27.5 Å². The Kier molecular flexibility index (Phi) is 3.00. The summed E-state index contributed by atoms with van der Waals surface area (Å²) < 4.78 is 28.4. The van der Waals surface area contributed by atoms with Gasteiger partial charge in [0.15, 0.2) is 0 Å². The molecule has 3 rings (SSSR count). The predicted molar refractivity (Wildman–Crippen MR) is 71.8 cm³/mol. The lowest BCUT2D eigenvalue weighted by Crippen LogP contribution is -2.15. The Hall–Kier alpha value is -1.91. The highest BCUT2D eigenvalue weighted by atomic mass is 35.5. The van der Waals surface area contributed by atoms with Crippen molar-refractivity contribution in [3.8, 4) is 11.9 Å². The lowest BCUT2D eigenvalue weighted by atomic mass is 10.2. The fraction of sp³-hybridized carbons (Fsp3) is 0.250. The Morgan fingerprint density at radius 1 is 1.40 bits per heavy atom. The second-order valence-electron chi connectivity index (χ2n) is 4.39. The van der Waals surface area contributed by atoms with Crippen LogP contribution in [-0.4, -0.2) is 23.6 Å². The van der Waals surface area contributed by atoms with Crippen LogP contribution in [0.5, 0.6) is 5.88 Å². The third-order valence-electron chi connectivity index (χ3n) is 2.89. The van der Waals surface area contributed by atoms with E-state index in [1.54, 1.807) is 12.1 Å². The monoisotopic (exact) mass is 309 g/mol. The summed E-state index contributed by atoms with van der Waals surface area (Å²) in [7, 11) is -3.66. The van der Waals surface area contributed by atoms with Gasteiger partial charge in [-0.1, -0.05) is 11.6 Å². The van der Waals surface area contributed by atoms with Gasteiger partial charge in [-0.25, -0.2) is 9.97 Å². The summed E-state index contributed by atoms with van der Waals surface area (Å²) in [6, 6.07) is 5.07. The zero-order valence-corrected chi connectivity index (χ0v) is 11.6. The molecule has 20 heavy (non-hydrogen) atoms. The van der Waals surface area contributed by atoms with E-state index in [4.69, 9.17) is 21.0 Å². The number of nitrogens with zero attached hydrogens (tertiary/aromatic N) is 3. The summed E-state index contributed by atoms with van der Waals surface area (Å²) in [6.45, 7) is 0. The summed E-state index contributed by atoms with van der Waals surface area (Å²) in [5.74, 6) is -0.150. The van der Waals surface area contributed by atoms with E-state index < -0.39 is 15.4 Å². The van der Waals surface area contributed by atoms with Crippen LogP contribution in [0.25, 0.3) is 11.0 Å². The summed E-state index contributed by atoms with van der Waals surface area (Å²) >= 11 is 5.90. The van der Waals surface area contributed by atoms with Crippen molar-refractivity contribution in [1.29, 1.82) is 5.26 Å². The minimum atomic E-state index is -3.66. The average Bonchev–Trinajstić information content (AvgIpc) is 3.22. The molecule has 1 aromatic heterocycles. The van der Waals surface area contributed by atoms with Crippen LogP contribution in [0.1, 0.15) is 18.4 Å². The Balaban J connectivity index is 2.08. The number of hydrogen-bond donors (Lipinski definition) is 0. The van der Waals surface area contributed by atoms with E-state index in [0.29, 0.717) is 18.4 Å². The molecular weight excluding hydrogens is 302 g/mol. The molecule has 2 aromatic rings. The Morgan fingerprint density at radius 3 is 2.80 bits per heavy atom. The zero-order chi connectivity index (χ0) is 14.3. The first kappa shape index (κ1) is 13.1. The minimum Gasteiger partial charge on any atom is -0.360 e. The maximum absolute atomic E-state index is 11.7. The van der Waals surface area contributed by atoms with Gasteiger partial charge < -0.3 is 4.18 Å². The highest BCUT2D eigenvalue weighted by molar-refractivity contribution is 7.88. The van der Waals surface area contributed by atoms with E-state index in [2.05, 4.69) is 9.97 Å². The van der Waals surface area contributed by atoms with Gasteiger partial charge in [-0.2, -0.15) is 13.7 Å². The van der Waals surface area contributed by atoms with Crippen LogP contribution < -0.4 is 4.18 Å². The number of aromatic nitrogens is 2. The number of hydrogen-bond acceptors (Lipinski definition) is 6. The fourth-order valence-corrected chi connectivity index (χ4v) is 3.09. The van der Waals surface area contributed by atoms with E-state index >= 15 is 0 Å². The van der Waals surface area contributed by atoms with E-state index in [1.807, 2.05) is 6.07 Å². The number of nitriles is 1. The number of fused-ring (bicyclic) bond motifs is 1. The van der Waals surface area contributed by atoms with Crippen molar-refractivity contribution in [2.24, 2.45) is 0 Å². The normalized spacial score (nSPS) is 15.0. The molecule has 0 radical (unpaired) electrons. The van der Waals surface area contributed by atoms with E-state index in [1.165, 1.54) is 6.20 Å². The van der Waals surface area contributed by atoms with Crippen LogP contribution in [0.4, 0.5) is 0 Å². The molecule has 1 fully saturated rings. The van der Waals surface area contributed by atoms with Gasteiger partial charge in [0.1, 0.15) is 11.6 Å². The van der Waals surface area contributed by atoms with Gasteiger partial charge >= 0.3 is 10.1 Å². The topological polar surface area (TPSA) is 92.9 Å². The van der Waals surface area contributed by atoms with Crippen LogP contribution in [-0.2, 0) is 10.1 Å². The minimum absolute atomic E-state index is 0.144. The van der Waals surface area contributed by atoms with Gasteiger partial charge in [-0.05, 0) is 25.0 Å². The van der Waals surface area contributed by atoms with Crippen molar-refractivity contribution in [2.75, 3.05) is 0 Å². The van der Waals surface area contributed by atoms with Crippen molar-refractivity contribution < 1.29 is 12.6 Å². The van der Waals surface area contributed by atoms with Crippen molar-refractivity contribution >= 4 is 32.8 Å². The van der Waals surface area contributed by atoms with E-state index in [9.17, 15) is 8.42 Å². The van der Waals surface area contributed by atoms with E-state index in [0.717, 1.165) is 0 Å². The predicted octanol–water partition coefficient (Wildman–Crippen LogP) is 2.03. The molecule has 1 saturated carbocycles. The van der Waals surface area contributed by atoms with Crippen LogP contribution in [0, 0.1) is 11.3 Å². The molecule has 0 N–H and O–H groups in total. The molecule has 8 heteroatoms. The first-order chi connectivity index (χ1) is 9.51. The van der Waals surface area contributed by atoms with Crippen molar-refractivity contribution in [3.05, 3.63) is 28.9 Å². The van der Waals surface area contributed by atoms with Crippen LogP contribution in [0.3, 0.4) is 0 Å². The molecule has 1 aromatic carbocycles. The lowest BCUT2D eigenvalue weighted by molar-refractivity contribution is 0.474. The van der Waals surface area contributed by atoms with Gasteiger partial charge in [-0.15, -0.1) is 0 Å². The third-order valence-corrected chi connectivity index (χ3v) is 4.89. The first-order valence-corrected chi connectivity index (χ1v) is 7.65. The van der Waals surface area contributed by atoms with Crippen LogP contribution in [0.2, 0.25) is 5.02 Å². The fourth-order valence-electron chi connectivity index (χ4n) is 1.73. The molecule has 0 unspecified atom stereocenters. The molecule has 0 atom stereocenters. The molecular formula is C12H8ClN3O3S. The van der Waals surface area contributed by atoms with Crippen LogP contribution >= 0.6 is 11.6 Å². The van der Waals surface area contributed by atoms with Gasteiger partial charge in [0, 0.05) is 0 Å². The summed E-state index contributed by atoms with van der Waals surface area (Å²) in [5, 5.41) is 8.85. The maximum atomic E-state index is 11.7.